The van der Waals surface area contributed by atoms with Gasteiger partial charge in [-0.3, -0.25) is 4.79 Å². The van der Waals surface area contributed by atoms with Gasteiger partial charge in [-0.05, 0) is 25.5 Å². The highest BCUT2D eigenvalue weighted by molar-refractivity contribution is 5.89. The number of nitrogen functional groups attached to an aromatic ring is 1. The first kappa shape index (κ1) is 24.3. The van der Waals surface area contributed by atoms with Crippen molar-refractivity contribution in [1.82, 2.24) is 19.9 Å². The zero-order chi connectivity index (χ0) is 24.0. The number of aryl methyl sites for hydroxylation is 1. The Morgan fingerprint density at radius 3 is 2.67 bits per heavy atom. The number of nitrogens with zero attached hydrogens (tertiary/aromatic N) is 3. The fourth-order valence-corrected chi connectivity index (χ4v) is 3.86. The van der Waals surface area contributed by atoms with Crippen molar-refractivity contribution in [1.29, 1.82) is 0 Å². The third-order valence-electron chi connectivity index (χ3n) is 5.77. The fraction of sp³-hybridized carbons (Fsp3) is 0.458. The minimum atomic E-state index is -0.371. The summed E-state index contributed by atoms with van der Waals surface area (Å²) >= 11 is 0. The summed E-state index contributed by atoms with van der Waals surface area (Å²) < 4.78 is 12.3. The van der Waals surface area contributed by atoms with Gasteiger partial charge in [0.1, 0.15) is 22.7 Å². The van der Waals surface area contributed by atoms with Crippen molar-refractivity contribution in [2.45, 2.75) is 45.2 Å². The largest absolute Gasteiger partial charge is 0.497 e. The topological polar surface area (TPSA) is 116 Å². The highest BCUT2D eigenvalue weighted by Gasteiger charge is 2.26. The number of ether oxygens (including phenoxy) is 2. The molecule has 0 aliphatic heterocycles. The lowest BCUT2D eigenvalue weighted by Crippen LogP contribution is -2.45. The number of pyridine rings is 1. The fourth-order valence-electron chi connectivity index (χ4n) is 3.86. The first-order valence-electron chi connectivity index (χ1n) is 11.1. The van der Waals surface area contributed by atoms with Gasteiger partial charge in [0.2, 0.25) is 5.95 Å². The van der Waals surface area contributed by atoms with E-state index in [9.17, 15) is 4.79 Å². The number of fused-ring (bicyclic) bond motifs is 1. The van der Waals surface area contributed by atoms with Crippen LogP contribution in [-0.4, -0.2) is 40.8 Å². The molecule has 9 nitrogen and oxygen atoms in total. The highest BCUT2D eigenvalue weighted by atomic mass is 16.5. The Morgan fingerprint density at radius 2 is 1.97 bits per heavy atom. The average Bonchev–Trinajstić information content (AvgIpc) is 2.80. The number of aromatic nitrogens is 3. The minimum Gasteiger partial charge on any atom is -0.497 e. The van der Waals surface area contributed by atoms with Crippen LogP contribution in [0.15, 0.2) is 35.3 Å². The second kappa shape index (κ2) is 10.5. The van der Waals surface area contributed by atoms with Crippen molar-refractivity contribution in [3.05, 3.63) is 46.4 Å². The number of rotatable bonds is 11. The maximum Gasteiger partial charge on any atom is 0.263 e. The number of hydrogen-bond donors (Lipinski definition) is 3. The van der Waals surface area contributed by atoms with Crippen LogP contribution in [0.2, 0.25) is 0 Å². The Labute approximate surface area is 194 Å². The molecule has 2 heterocycles. The van der Waals surface area contributed by atoms with E-state index in [1.807, 2.05) is 18.2 Å². The van der Waals surface area contributed by atoms with E-state index in [2.05, 4.69) is 34.4 Å². The third kappa shape index (κ3) is 5.73. The molecule has 0 bridgehead atoms. The normalized spacial score (nSPS) is 13.0. The number of methoxy groups -OCH3 is 2. The molecule has 178 valence electrons. The van der Waals surface area contributed by atoms with Gasteiger partial charge in [-0.25, -0.2) is 4.98 Å². The smallest absolute Gasteiger partial charge is 0.263 e. The molecule has 0 saturated carbocycles. The van der Waals surface area contributed by atoms with Crippen LogP contribution in [0, 0.1) is 0 Å². The molecule has 0 spiro atoms. The lowest BCUT2D eigenvalue weighted by molar-refractivity contribution is 0.385. The Balaban J connectivity index is 1.85. The molecule has 0 saturated heterocycles. The van der Waals surface area contributed by atoms with Gasteiger partial charge in [0.15, 0.2) is 0 Å². The van der Waals surface area contributed by atoms with Crippen molar-refractivity contribution in [3.63, 3.8) is 0 Å². The van der Waals surface area contributed by atoms with Crippen molar-refractivity contribution in [2.75, 3.05) is 31.8 Å². The molecule has 3 aromatic rings. The average molecular weight is 455 g/mol. The SMILES string of the molecule is CCCCC(C)(CNCc1ccc(OC)cc1OC)Nc1nc(N)nc2ccn(C)c(=O)c12. The lowest BCUT2D eigenvalue weighted by Gasteiger charge is -2.32. The second-order valence-electron chi connectivity index (χ2n) is 8.49. The van der Waals surface area contributed by atoms with Crippen molar-refractivity contribution >= 4 is 22.7 Å². The summed E-state index contributed by atoms with van der Waals surface area (Å²) in [5, 5.41) is 7.49. The van der Waals surface area contributed by atoms with Crippen LogP contribution in [0.5, 0.6) is 11.5 Å². The van der Waals surface area contributed by atoms with Crippen LogP contribution in [-0.2, 0) is 13.6 Å². The molecule has 4 N–H and O–H groups in total. The number of nitrogens with two attached hydrogens (primary N) is 1. The van der Waals surface area contributed by atoms with Gasteiger partial charge in [0.25, 0.3) is 5.56 Å². The molecule has 9 heteroatoms. The molecule has 2 aromatic heterocycles. The second-order valence-corrected chi connectivity index (χ2v) is 8.49. The minimum absolute atomic E-state index is 0.132. The number of hydrogen-bond acceptors (Lipinski definition) is 8. The standard InChI is InChI=1S/C24H34N6O3/c1-6-7-11-24(2,15-26-14-16-8-9-17(32-4)13-19(16)33-5)29-21-20-18(27-23(25)28-21)10-12-30(3)22(20)31/h8-10,12-13,26H,6-7,11,14-15H2,1-5H3,(H3,25,27,28,29). The Morgan fingerprint density at radius 1 is 1.18 bits per heavy atom. The Bertz CT molecular complexity index is 1160. The molecule has 3 rings (SSSR count). The lowest BCUT2D eigenvalue weighted by atomic mass is 9.94. The van der Waals surface area contributed by atoms with E-state index in [-0.39, 0.29) is 17.0 Å². The van der Waals surface area contributed by atoms with Crippen LogP contribution in [0.1, 0.15) is 38.7 Å². The summed E-state index contributed by atoms with van der Waals surface area (Å²) in [4.78, 5) is 21.5. The van der Waals surface area contributed by atoms with E-state index in [1.54, 1.807) is 33.5 Å². The Hall–Kier alpha value is -3.33. The summed E-state index contributed by atoms with van der Waals surface area (Å²) in [6.45, 7) is 5.54. The third-order valence-corrected chi connectivity index (χ3v) is 5.77. The van der Waals surface area contributed by atoms with Crippen LogP contribution < -0.4 is 31.4 Å². The summed E-state index contributed by atoms with van der Waals surface area (Å²) in [7, 11) is 4.99. The molecular weight excluding hydrogens is 420 g/mol. The maximum atomic E-state index is 12.8. The predicted molar refractivity (Wildman–Crippen MR) is 132 cm³/mol. The van der Waals surface area contributed by atoms with Gasteiger partial charge < -0.3 is 30.4 Å². The van der Waals surface area contributed by atoms with Gasteiger partial charge in [-0.15, -0.1) is 0 Å². The maximum absolute atomic E-state index is 12.8. The van der Waals surface area contributed by atoms with E-state index in [0.717, 1.165) is 36.3 Å². The number of anilines is 2. The van der Waals surface area contributed by atoms with E-state index in [4.69, 9.17) is 15.2 Å². The molecular formula is C24H34N6O3. The van der Waals surface area contributed by atoms with Gasteiger partial charge in [0.05, 0.1) is 19.7 Å². The molecule has 0 radical (unpaired) electrons. The van der Waals surface area contributed by atoms with Crippen molar-refractivity contribution < 1.29 is 9.47 Å². The predicted octanol–water partition coefficient (Wildman–Crippen LogP) is 3.08. The number of benzene rings is 1. The number of nitrogens with one attached hydrogen (secondary N) is 2. The monoisotopic (exact) mass is 454 g/mol. The summed E-state index contributed by atoms with van der Waals surface area (Å²) in [6.07, 6.45) is 4.64. The van der Waals surface area contributed by atoms with E-state index in [1.165, 1.54) is 4.57 Å². The summed E-state index contributed by atoms with van der Waals surface area (Å²) in [5.41, 5.74) is 6.98. The van der Waals surface area contributed by atoms with Gasteiger partial charge in [0, 0.05) is 43.5 Å². The quantitative estimate of drug-likeness (QED) is 0.405. The first-order valence-corrected chi connectivity index (χ1v) is 11.1. The highest BCUT2D eigenvalue weighted by Crippen LogP contribution is 2.26. The molecule has 0 aliphatic rings. The molecule has 0 amide bonds. The van der Waals surface area contributed by atoms with Gasteiger partial charge in [-0.2, -0.15) is 4.98 Å². The summed E-state index contributed by atoms with van der Waals surface area (Å²) in [5.74, 6) is 2.11. The molecule has 1 atom stereocenters. The first-order chi connectivity index (χ1) is 15.8. The van der Waals surface area contributed by atoms with E-state index < -0.39 is 0 Å². The molecule has 0 fully saturated rings. The molecule has 33 heavy (non-hydrogen) atoms. The van der Waals surface area contributed by atoms with Crippen LogP contribution in [0.3, 0.4) is 0 Å². The molecule has 1 aromatic carbocycles. The van der Waals surface area contributed by atoms with Crippen LogP contribution in [0.25, 0.3) is 10.9 Å². The zero-order valence-corrected chi connectivity index (χ0v) is 20.1. The van der Waals surface area contributed by atoms with E-state index in [0.29, 0.717) is 29.8 Å². The molecule has 0 aliphatic carbocycles. The van der Waals surface area contributed by atoms with Crippen molar-refractivity contribution in [2.24, 2.45) is 7.05 Å². The van der Waals surface area contributed by atoms with Crippen LogP contribution >= 0.6 is 0 Å². The van der Waals surface area contributed by atoms with Gasteiger partial charge in [-0.1, -0.05) is 25.8 Å². The van der Waals surface area contributed by atoms with Crippen molar-refractivity contribution in [3.8, 4) is 11.5 Å². The van der Waals surface area contributed by atoms with E-state index >= 15 is 0 Å². The summed E-state index contributed by atoms with van der Waals surface area (Å²) in [6, 6.07) is 7.55. The van der Waals surface area contributed by atoms with Crippen LogP contribution in [0.4, 0.5) is 11.8 Å². The zero-order valence-electron chi connectivity index (χ0n) is 20.1. The van der Waals surface area contributed by atoms with Gasteiger partial charge >= 0.3 is 0 Å². The number of unbranched alkanes of at least 4 members (excludes halogenated alkanes) is 1. The molecule has 1 unspecified atom stereocenters. The Kier molecular flexibility index (Phi) is 7.75.